The lowest BCUT2D eigenvalue weighted by Gasteiger charge is -2.22. The predicted octanol–water partition coefficient (Wildman–Crippen LogP) is 15.2. The third-order valence-electron chi connectivity index (χ3n) is 11.6. The molecule has 0 bridgehead atoms. The van der Waals surface area contributed by atoms with Crippen molar-refractivity contribution in [1.29, 1.82) is 0 Å². The van der Waals surface area contributed by atoms with Gasteiger partial charge < -0.3 is 5.11 Å². The molecule has 6 aromatic carbocycles. The molecule has 302 valence electrons. The van der Waals surface area contributed by atoms with Gasteiger partial charge >= 0.3 is 0 Å². The summed E-state index contributed by atoms with van der Waals surface area (Å²) in [5, 5.41) is 11.8. The summed E-state index contributed by atoms with van der Waals surface area (Å²) in [6.45, 7) is 17.1. The molecule has 0 radical (unpaired) electrons. The van der Waals surface area contributed by atoms with Crippen LogP contribution in [0.3, 0.4) is 0 Å². The van der Waals surface area contributed by atoms with Gasteiger partial charge in [-0.2, -0.15) is 0 Å². The van der Waals surface area contributed by atoms with Gasteiger partial charge in [-0.25, -0.2) is 4.98 Å². The number of phenolic OH excluding ortho intramolecular Hbond substituents is 1. The SMILES string of the molecule is [2H]C([2H])([2H])c1cc(-c2c(C([2H])(C)C)cccc2C([2H])(C)C)ccc1-n1c(-c2cc(C)cc(C)c2O)nc2c(-c3cc(-c4cc(-c5ccc(C)cc5)ccn4)cc(C(C)(C)C)c3)cccc21. The molecule has 0 fully saturated rings. The van der Waals surface area contributed by atoms with Gasteiger partial charge in [-0.05, 0) is 155 Å². The highest BCUT2D eigenvalue weighted by Gasteiger charge is 2.24. The van der Waals surface area contributed by atoms with E-state index < -0.39 is 18.6 Å². The van der Waals surface area contributed by atoms with Gasteiger partial charge in [0.25, 0.3) is 0 Å². The quantitative estimate of drug-likeness (QED) is 0.167. The molecule has 0 aliphatic heterocycles. The highest BCUT2D eigenvalue weighted by molar-refractivity contribution is 5.97. The lowest BCUT2D eigenvalue weighted by Crippen LogP contribution is -2.11. The fourth-order valence-corrected chi connectivity index (χ4v) is 8.35. The number of hydrogen-bond acceptors (Lipinski definition) is 3. The van der Waals surface area contributed by atoms with Crippen molar-refractivity contribution in [1.82, 2.24) is 14.5 Å². The number of aryl methyl sites for hydroxylation is 4. The first-order valence-electron chi connectivity index (χ1n) is 23.2. The molecule has 0 saturated heterocycles. The highest BCUT2D eigenvalue weighted by Crippen LogP contribution is 2.43. The van der Waals surface area contributed by atoms with Crippen LogP contribution >= 0.6 is 0 Å². The van der Waals surface area contributed by atoms with E-state index in [1.807, 2.05) is 119 Å². The molecule has 8 rings (SSSR count). The van der Waals surface area contributed by atoms with Gasteiger partial charge in [0, 0.05) is 24.2 Å². The second-order valence-electron chi connectivity index (χ2n) is 17.7. The van der Waals surface area contributed by atoms with Crippen LogP contribution in [0.2, 0.25) is 0 Å². The first-order chi connectivity index (χ1) is 30.4. The second-order valence-corrected chi connectivity index (χ2v) is 17.7. The van der Waals surface area contributed by atoms with Crippen LogP contribution in [-0.2, 0) is 5.41 Å². The Hall–Kier alpha value is -6.26. The number of benzene rings is 6. The van der Waals surface area contributed by atoms with Gasteiger partial charge in [-0.3, -0.25) is 9.55 Å². The summed E-state index contributed by atoms with van der Waals surface area (Å²) >= 11 is 0. The van der Waals surface area contributed by atoms with Gasteiger partial charge in [0.2, 0.25) is 0 Å². The molecular formula is C56H57N3O. The number of pyridine rings is 1. The minimum atomic E-state index is -2.60. The van der Waals surface area contributed by atoms with E-state index in [4.69, 9.17) is 16.8 Å². The normalized spacial score (nSPS) is 13.7. The third kappa shape index (κ3) is 7.56. The summed E-state index contributed by atoms with van der Waals surface area (Å²) in [5.74, 6) is -1.62. The van der Waals surface area contributed by atoms with E-state index in [0.717, 1.165) is 44.6 Å². The Kier molecular flexibility index (Phi) is 9.07. The zero-order valence-electron chi connectivity index (χ0n) is 41.4. The first kappa shape index (κ1) is 34.6. The molecule has 2 heterocycles. The lowest BCUT2D eigenvalue weighted by molar-refractivity contribution is 0.472. The second kappa shape index (κ2) is 15.7. The van der Waals surface area contributed by atoms with Crippen LogP contribution in [0.15, 0.2) is 128 Å². The van der Waals surface area contributed by atoms with Crippen molar-refractivity contribution in [2.24, 2.45) is 0 Å². The number of nitrogens with zero attached hydrogens (tertiary/aromatic N) is 3. The zero-order chi connectivity index (χ0) is 47.0. The Balaban J connectivity index is 1.42. The number of phenols is 1. The number of imidazole rings is 1. The van der Waals surface area contributed by atoms with Crippen molar-refractivity contribution < 1.29 is 12.0 Å². The summed E-state index contributed by atoms with van der Waals surface area (Å²) in [7, 11) is 0. The van der Waals surface area contributed by atoms with Gasteiger partial charge in [-0.1, -0.05) is 127 Å². The van der Waals surface area contributed by atoms with Crippen LogP contribution in [0.25, 0.3) is 72.7 Å². The first-order valence-corrected chi connectivity index (χ1v) is 20.7. The van der Waals surface area contributed by atoms with Gasteiger partial charge in [0.15, 0.2) is 0 Å². The maximum absolute atomic E-state index is 11.8. The molecule has 0 atom stereocenters. The number of aromatic hydroxyl groups is 1. The Morgan fingerprint density at radius 2 is 1.32 bits per heavy atom. The van der Waals surface area contributed by atoms with Crippen molar-refractivity contribution in [2.75, 3.05) is 0 Å². The number of fused-ring (bicyclic) bond motifs is 1. The van der Waals surface area contributed by atoms with Gasteiger partial charge in [0.1, 0.15) is 11.6 Å². The standard InChI is InChI=1S/C56H57N3O/c1-33(2)45-14-12-15-46(34(3)4)52(45)41-22-23-50(37(7)28-41)59-51-17-13-16-47(53(51)58-55(59)48-27-36(6)26-38(8)54(48)60)42-29-43(31-44(30-42)56(9,10)11)49-32-40(24-25-57-49)39-20-18-35(5)19-21-39/h12-34,60H,1-11H3/i7D3,33D,34D. The van der Waals surface area contributed by atoms with E-state index in [0.29, 0.717) is 55.9 Å². The van der Waals surface area contributed by atoms with Crippen molar-refractivity contribution >= 4 is 11.0 Å². The van der Waals surface area contributed by atoms with Gasteiger partial charge in [-0.15, -0.1) is 0 Å². The molecule has 2 aromatic heterocycles. The number of para-hydroxylation sites is 1. The molecule has 1 N–H and O–H groups in total. The number of rotatable bonds is 8. The summed E-state index contributed by atoms with van der Waals surface area (Å²) in [5.41, 5.74) is 14.4. The van der Waals surface area contributed by atoms with Crippen molar-refractivity contribution in [2.45, 2.75) is 93.3 Å². The largest absolute Gasteiger partial charge is 0.507 e. The molecule has 60 heavy (non-hydrogen) atoms. The van der Waals surface area contributed by atoms with E-state index in [1.165, 1.54) is 5.56 Å². The van der Waals surface area contributed by atoms with Crippen LogP contribution in [0.5, 0.6) is 5.75 Å². The van der Waals surface area contributed by atoms with Crippen molar-refractivity contribution in [3.63, 3.8) is 0 Å². The van der Waals surface area contributed by atoms with Crippen LogP contribution in [-0.4, -0.2) is 19.6 Å². The van der Waals surface area contributed by atoms with E-state index in [1.54, 1.807) is 6.07 Å². The number of aromatic nitrogens is 3. The molecule has 0 saturated carbocycles. The average molecular weight is 793 g/mol. The topological polar surface area (TPSA) is 50.9 Å². The molecule has 4 heteroatoms. The number of hydrogen-bond donors (Lipinski definition) is 1. The maximum Gasteiger partial charge on any atom is 0.149 e. The summed E-state index contributed by atoms with van der Waals surface area (Å²) in [6, 6.07) is 40.0. The smallest absolute Gasteiger partial charge is 0.149 e. The summed E-state index contributed by atoms with van der Waals surface area (Å²) in [6.07, 6.45) is 1.85. The summed E-state index contributed by atoms with van der Waals surface area (Å²) in [4.78, 5) is 10.3. The Bertz CT molecular complexity index is 3090. The predicted molar refractivity (Wildman–Crippen MR) is 254 cm³/mol. The minimum Gasteiger partial charge on any atom is -0.507 e. The van der Waals surface area contributed by atoms with Crippen LogP contribution in [0, 0.1) is 27.6 Å². The van der Waals surface area contributed by atoms with Crippen molar-refractivity contribution in [3.05, 3.63) is 166 Å². The zero-order valence-corrected chi connectivity index (χ0v) is 36.4. The monoisotopic (exact) mass is 792 g/mol. The Labute approximate surface area is 363 Å². The highest BCUT2D eigenvalue weighted by atomic mass is 16.3. The Morgan fingerprint density at radius 1 is 0.633 bits per heavy atom. The van der Waals surface area contributed by atoms with Crippen LogP contribution in [0.1, 0.15) is 106 Å². The Morgan fingerprint density at radius 3 is 2.00 bits per heavy atom. The third-order valence-corrected chi connectivity index (χ3v) is 11.6. The molecular weight excluding hydrogens is 731 g/mol. The maximum atomic E-state index is 11.8. The minimum absolute atomic E-state index is 0.0613. The molecule has 0 aliphatic carbocycles. The van der Waals surface area contributed by atoms with Crippen LogP contribution < -0.4 is 0 Å². The van der Waals surface area contributed by atoms with E-state index in [2.05, 4.69) is 76.2 Å². The van der Waals surface area contributed by atoms with Crippen molar-refractivity contribution in [3.8, 4) is 67.5 Å². The lowest BCUT2D eigenvalue weighted by atomic mass is 9.83. The molecule has 0 unspecified atom stereocenters. The molecule has 0 amide bonds. The molecule has 8 aromatic rings. The average Bonchev–Trinajstić information content (AvgIpc) is 3.63. The van der Waals surface area contributed by atoms with E-state index in [9.17, 15) is 5.11 Å². The molecule has 4 nitrogen and oxygen atoms in total. The molecule has 0 aliphatic rings. The fourth-order valence-electron chi connectivity index (χ4n) is 8.35. The fraction of sp³-hybridized carbons (Fsp3) is 0.250. The van der Waals surface area contributed by atoms with E-state index in [-0.39, 0.29) is 16.7 Å². The van der Waals surface area contributed by atoms with Gasteiger partial charge in [0.05, 0.1) is 28.0 Å². The molecule has 0 spiro atoms. The van der Waals surface area contributed by atoms with Crippen LogP contribution in [0.4, 0.5) is 0 Å². The van der Waals surface area contributed by atoms with E-state index >= 15 is 0 Å². The summed E-state index contributed by atoms with van der Waals surface area (Å²) < 4.78 is 47.2.